The molecule has 0 spiro atoms. The average molecular weight is 520 g/mol. The molecule has 39 heavy (non-hydrogen) atoms. The smallest absolute Gasteiger partial charge is 0.254 e. The van der Waals surface area contributed by atoms with Crippen LogP contribution in [0.1, 0.15) is 10.4 Å². The van der Waals surface area contributed by atoms with Gasteiger partial charge < -0.3 is 19.3 Å². The number of amides is 1. The van der Waals surface area contributed by atoms with Crippen LogP contribution in [0.4, 0.5) is 5.82 Å². The third kappa shape index (κ3) is 4.54. The lowest BCUT2D eigenvalue weighted by atomic mass is 10.1. The molecule has 5 aromatic rings. The fourth-order valence-corrected chi connectivity index (χ4v) is 5.19. The molecule has 196 valence electrons. The minimum atomic E-state index is 0.00804. The number of ether oxygens (including phenoxy) is 2. The molecule has 3 heterocycles. The van der Waals surface area contributed by atoms with Crippen molar-refractivity contribution >= 4 is 22.8 Å². The first kappa shape index (κ1) is 24.5. The molecule has 0 unspecified atom stereocenters. The van der Waals surface area contributed by atoms with Gasteiger partial charge in [0.05, 0.1) is 25.3 Å². The summed E-state index contributed by atoms with van der Waals surface area (Å²) >= 11 is 0. The van der Waals surface area contributed by atoms with Crippen molar-refractivity contribution in [1.82, 2.24) is 19.4 Å². The van der Waals surface area contributed by atoms with Gasteiger partial charge in [-0.05, 0) is 35.9 Å². The predicted octanol–water partition coefficient (Wildman–Crippen LogP) is 5.07. The summed E-state index contributed by atoms with van der Waals surface area (Å²) in [6, 6.07) is 25.5. The number of carbonyl (C=O) groups excluding carboxylic acids is 1. The van der Waals surface area contributed by atoms with Gasteiger partial charge in [0.2, 0.25) is 0 Å². The Morgan fingerprint density at radius 2 is 1.59 bits per heavy atom. The van der Waals surface area contributed by atoms with E-state index in [0.29, 0.717) is 37.5 Å². The van der Waals surface area contributed by atoms with Gasteiger partial charge in [-0.15, -0.1) is 0 Å². The third-order valence-electron chi connectivity index (χ3n) is 7.18. The lowest BCUT2D eigenvalue weighted by molar-refractivity contribution is 0.0746. The van der Waals surface area contributed by atoms with Crippen molar-refractivity contribution in [2.75, 3.05) is 45.3 Å². The Morgan fingerprint density at radius 1 is 0.821 bits per heavy atom. The Hall–Kier alpha value is -4.85. The molecule has 1 saturated heterocycles. The van der Waals surface area contributed by atoms with E-state index in [0.717, 1.165) is 39.4 Å². The van der Waals surface area contributed by atoms with Crippen LogP contribution in [0.25, 0.3) is 27.8 Å². The van der Waals surface area contributed by atoms with Crippen molar-refractivity contribution < 1.29 is 14.3 Å². The quantitative estimate of drug-likeness (QED) is 0.312. The average Bonchev–Trinajstić information content (AvgIpc) is 3.41. The van der Waals surface area contributed by atoms with E-state index in [1.54, 1.807) is 26.6 Å². The second-order valence-electron chi connectivity index (χ2n) is 9.36. The summed E-state index contributed by atoms with van der Waals surface area (Å²) in [7, 11) is 3.28. The molecule has 0 N–H and O–H groups in total. The van der Waals surface area contributed by atoms with Crippen LogP contribution < -0.4 is 14.4 Å². The number of nitrogens with zero attached hydrogens (tertiary/aromatic N) is 5. The normalized spacial score (nSPS) is 13.5. The first-order valence-electron chi connectivity index (χ1n) is 12.9. The monoisotopic (exact) mass is 519 g/mol. The predicted molar refractivity (Wildman–Crippen MR) is 152 cm³/mol. The number of rotatable bonds is 6. The second-order valence-corrected chi connectivity index (χ2v) is 9.36. The van der Waals surface area contributed by atoms with Crippen LogP contribution in [-0.4, -0.2) is 65.7 Å². The molecule has 1 fully saturated rings. The Balaban J connectivity index is 1.37. The van der Waals surface area contributed by atoms with Gasteiger partial charge in [0.15, 0.2) is 5.65 Å². The van der Waals surface area contributed by atoms with Gasteiger partial charge in [-0.1, -0.05) is 48.5 Å². The lowest BCUT2D eigenvalue weighted by Crippen LogP contribution is -2.49. The highest BCUT2D eigenvalue weighted by Crippen LogP contribution is 2.38. The molecule has 8 nitrogen and oxygen atoms in total. The molecule has 8 heteroatoms. The van der Waals surface area contributed by atoms with E-state index in [4.69, 9.17) is 19.4 Å². The van der Waals surface area contributed by atoms with Crippen molar-refractivity contribution in [2.24, 2.45) is 0 Å². The number of anilines is 1. The maximum absolute atomic E-state index is 13.2. The molecule has 6 rings (SSSR count). The number of para-hydroxylation sites is 2. The van der Waals surface area contributed by atoms with Crippen LogP contribution in [-0.2, 0) is 0 Å². The van der Waals surface area contributed by atoms with Crippen molar-refractivity contribution in [1.29, 1.82) is 0 Å². The van der Waals surface area contributed by atoms with Crippen molar-refractivity contribution in [2.45, 2.75) is 0 Å². The molecular formula is C31H29N5O3. The number of methoxy groups -OCH3 is 2. The van der Waals surface area contributed by atoms with E-state index in [1.165, 1.54) is 0 Å². The van der Waals surface area contributed by atoms with Gasteiger partial charge in [-0.2, -0.15) is 0 Å². The van der Waals surface area contributed by atoms with Crippen LogP contribution in [0.3, 0.4) is 0 Å². The molecule has 3 aromatic carbocycles. The van der Waals surface area contributed by atoms with E-state index in [2.05, 4.69) is 27.8 Å². The summed E-state index contributed by atoms with van der Waals surface area (Å²) in [6.45, 7) is 2.51. The number of fused-ring (bicyclic) bond motifs is 1. The zero-order valence-electron chi connectivity index (χ0n) is 21.9. The minimum Gasteiger partial charge on any atom is -0.497 e. The molecule has 2 aromatic heterocycles. The van der Waals surface area contributed by atoms with E-state index in [9.17, 15) is 4.79 Å². The van der Waals surface area contributed by atoms with Gasteiger partial charge in [-0.3, -0.25) is 9.36 Å². The highest BCUT2D eigenvalue weighted by molar-refractivity contribution is 6.02. The molecule has 0 atom stereocenters. The van der Waals surface area contributed by atoms with E-state index in [1.807, 2.05) is 65.6 Å². The molecular weight excluding hydrogens is 490 g/mol. The maximum atomic E-state index is 13.2. The van der Waals surface area contributed by atoms with Gasteiger partial charge in [0, 0.05) is 43.5 Å². The highest BCUT2D eigenvalue weighted by atomic mass is 16.5. The topological polar surface area (TPSA) is 72.7 Å². The molecule has 0 radical (unpaired) electrons. The fourth-order valence-electron chi connectivity index (χ4n) is 5.19. The van der Waals surface area contributed by atoms with Crippen LogP contribution in [0.5, 0.6) is 11.5 Å². The zero-order chi connectivity index (χ0) is 26.8. The van der Waals surface area contributed by atoms with Gasteiger partial charge in [0.1, 0.15) is 23.6 Å². The Labute approximate surface area is 227 Å². The molecule has 0 aliphatic carbocycles. The Bertz CT molecular complexity index is 1620. The Kier molecular flexibility index (Phi) is 6.59. The molecule has 0 bridgehead atoms. The summed E-state index contributed by atoms with van der Waals surface area (Å²) in [6.07, 6.45) is 3.73. The molecule has 1 amide bonds. The van der Waals surface area contributed by atoms with Crippen molar-refractivity contribution in [3.05, 3.63) is 97.0 Å². The first-order chi connectivity index (χ1) is 19.2. The van der Waals surface area contributed by atoms with Gasteiger partial charge >= 0.3 is 0 Å². The largest absolute Gasteiger partial charge is 0.497 e. The van der Waals surface area contributed by atoms with Crippen LogP contribution in [0.2, 0.25) is 0 Å². The van der Waals surface area contributed by atoms with Gasteiger partial charge in [-0.25, -0.2) is 9.97 Å². The summed E-state index contributed by atoms with van der Waals surface area (Å²) < 4.78 is 13.1. The third-order valence-corrected chi connectivity index (χ3v) is 7.18. The van der Waals surface area contributed by atoms with Crippen molar-refractivity contribution in [3.63, 3.8) is 0 Å². The zero-order valence-corrected chi connectivity index (χ0v) is 21.9. The highest BCUT2D eigenvalue weighted by Gasteiger charge is 2.27. The number of aromatic nitrogens is 3. The SMILES string of the molecule is COc1cccc(C(=O)N2CCN(c3ncnc4c3c(-c3ccccc3)cn4-c3ccccc3OC)CC2)c1. The number of hydrogen-bond acceptors (Lipinski definition) is 6. The maximum Gasteiger partial charge on any atom is 0.254 e. The van der Waals surface area contributed by atoms with Crippen LogP contribution in [0.15, 0.2) is 91.4 Å². The second kappa shape index (κ2) is 10.5. The van der Waals surface area contributed by atoms with E-state index >= 15 is 0 Å². The first-order valence-corrected chi connectivity index (χ1v) is 12.9. The Morgan fingerprint density at radius 3 is 2.36 bits per heavy atom. The summed E-state index contributed by atoms with van der Waals surface area (Å²) in [5.74, 6) is 2.31. The summed E-state index contributed by atoms with van der Waals surface area (Å²) in [4.78, 5) is 26.8. The van der Waals surface area contributed by atoms with Gasteiger partial charge in [0.25, 0.3) is 5.91 Å². The number of carbonyl (C=O) groups is 1. The van der Waals surface area contributed by atoms with E-state index < -0.39 is 0 Å². The molecule has 1 aliphatic heterocycles. The molecule has 1 aliphatic rings. The van der Waals surface area contributed by atoms with E-state index in [-0.39, 0.29) is 5.91 Å². The summed E-state index contributed by atoms with van der Waals surface area (Å²) in [5.41, 5.74) is 4.47. The number of hydrogen-bond donors (Lipinski definition) is 0. The molecule has 0 saturated carbocycles. The van der Waals surface area contributed by atoms with Crippen LogP contribution >= 0.6 is 0 Å². The lowest BCUT2D eigenvalue weighted by Gasteiger charge is -2.35. The fraction of sp³-hybridized carbons (Fsp3) is 0.194. The minimum absolute atomic E-state index is 0.00804. The standard InChI is InChI=1S/C31H29N5O3/c1-38-24-12-8-11-23(19-24)31(37)35-17-15-34(16-18-35)29-28-25(22-9-4-3-5-10-22)20-36(30(28)33-21-32-29)26-13-6-7-14-27(26)39-2/h3-14,19-21H,15-18H2,1-2H3. The van der Waals surface area contributed by atoms with Crippen molar-refractivity contribution in [3.8, 4) is 28.3 Å². The number of benzene rings is 3. The summed E-state index contributed by atoms with van der Waals surface area (Å²) in [5, 5.41) is 0.974. The van der Waals surface area contributed by atoms with Crippen LogP contribution in [0, 0.1) is 0 Å². The number of piperazine rings is 1.